The van der Waals surface area contributed by atoms with E-state index in [4.69, 9.17) is 0 Å². The number of benzene rings is 4. The zero-order chi connectivity index (χ0) is 25.2. The molecule has 0 fully saturated rings. The third-order valence-electron chi connectivity index (χ3n) is 5.30. The average Bonchev–Trinajstić information content (AvgIpc) is 2.91. The van der Waals surface area contributed by atoms with Gasteiger partial charge in [0.25, 0.3) is 0 Å². The van der Waals surface area contributed by atoms with Crippen molar-refractivity contribution < 1.29 is 4.79 Å². The highest BCUT2D eigenvalue weighted by Gasteiger charge is 2.00. The first-order valence-electron chi connectivity index (χ1n) is 11.7. The van der Waals surface area contributed by atoms with E-state index in [1.807, 2.05) is 84.9 Å². The molecule has 0 saturated heterocycles. The van der Waals surface area contributed by atoms with Crippen molar-refractivity contribution in [2.75, 3.05) is 0 Å². The summed E-state index contributed by atoms with van der Waals surface area (Å²) in [6.45, 7) is 3.70. The van der Waals surface area contributed by atoms with E-state index in [2.05, 4.69) is 54.6 Å². The summed E-state index contributed by atoms with van der Waals surface area (Å²) < 4.78 is 0. The summed E-state index contributed by atoms with van der Waals surface area (Å²) in [5.74, 6) is 19.4. The van der Waals surface area contributed by atoms with Crippen LogP contribution in [0.15, 0.2) is 102 Å². The van der Waals surface area contributed by atoms with E-state index in [1.54, 1.807) is 6.92 Å². The molecule has 36 heavy (non-hydrogen) atoms. The molecule has 4 aromatic rings. The van der Waals surface area contributed by atoms with Crippen LogP contribution in [0.4, 0.5) is 0 Å². The highest BCUT2D eigenvalue weighted by molar-refractivity contribution is 8.13. The number of rotatable bonds is 2. The Hall–Kier alpha value is -4.42. The minimum atomic E-state index is 0.0768. The van der Waals surface area contributed by atoms with Gasteiger partial charge < -0.3 is 0 Å². The van der Waals surface area contributed by atoms with Crippen molar-refractivity contribution in [3.8, 4) is 35.5 Å². The van der Waals surface area contributed by atoms with Gasteiger partial charge in [-0.2, -0.15) is 0 Å². The fourth-order valence-electron chi connectivity index (χ4n) is 3.44. The molecule has 1 nitrogen and oxygen atoms in total. The minimum absolute atomic E-state index is 0.0768. The van der Waals surface area contributed by atoms with Gasteiger partial charge in [0.15, 0.2) is 5.12 Å². The second kappa shape index (κ2) is 12.3. The van der Waals surface area contributed by atoms with Crippen molar-refractivity contribution in [1.82, 2.24) is 0 Å². The Balaban J connectivity index is 1.44. The molecule has 4 aromatic carbocycles. The Morgan fingerprint density at radius 1 is 0.611 bits per heavy atom. The molecule has 4 rings (SSSR count). The summed E-state index contributed by atoms with van der Waals surface area (Å²) in [6.07, 6.45) is 0.903. The lowest BCUT2D eigenvalue weighted by molar-refractivity contribution is -0.109. The number of carbonyl (C=O) groups excluding carboxylic acids is 1. The SMILES string of the molecule is CCc1cc(C#Cc2ccc(C#Cc3ccc(SC(C)=O)cc3)cc2)ccc1C#Cc1ccccc1. The molecule has 0 radical (unpaired) electrons. The van der Waals surface area contributed by atoms with Crippen molar-refractivity contribution >= 4 is 16.9 Å². The van der Waals surface area contributed by atoms with Gasteiger partial charge in [-0.1, -0.05) is 72.4 Å². The molecule has 0 saturated carbocycles. The van der Waals surface area contributed by atoms with Crippen molar-refractivity contribution in [2.45, 2.75) is 25.2 Å². The van der Waals surface area contributed by atoms with Crippen LogP contribution >= 0.6 is 11.8 Å². The molecule has 0 bridgehead atoms. The van der Waals surface area contributed by atoms with Gasteiger partial charge in [-0.25, -0.2) is 0 Å². The number of hydrogen-bond donors (Lipinski definition) is 0. The smallest absolute Gasteiger partial charge is 0.190 e. The first-order chi connectivity index (χ1) is 17.6. The Kier molecular flexibility index (Phi) is 8.46. The van der Waals surface area contributed by atoms with E-state index >= 15 is 0 Å². The van der Waals surface area contributed by atoms with E-state index in [-0.39, 0.29) is 5.12 Å². The lowest BCUT2D eigenvalue weighted by atomic mass is 10.0. The van der Waals surface area contributed by atoms with Crippen LogP contribution in [0, 0.1) is 35.5 Å². The molecule has 0 aliphatic carbocycles. The summed E-state index contributed by atoms with van der Waals surface area (Å²) in [6, 6.07) is 31.9. The van der Waals surface area contributed by atoms with Gasteiger partial charge in [0.1, 0.15) is 0 Å². The predicted molar refractivity (Wildman–Crippen MR) is 150 cm³/mol. The van der Waals surface area contributed by atoms with Crippen molar-refractivity contribution in [3.63, 3.8) is 0 Å². The molecule has 172 valence electrons. The molecular weight excluding hydrogens is 456 g/mol. The van der Waals surface area contributed by atoms with Crippen LogP contribution in [0.25, 0.3) is 0 Å². The van der Waals surface area contributed by atoms with Crippen LogP contribution in [-0.2, 0) is 11.2 Å². The van der Waals surface area contributed by atoms with Gasteiger partial charge in [0, 0.05) is 45.2 Å². The molecular formula is C34H24OS. The molecule has 0 spiro atoms. The largest absolute Gasteiger partial charge is 0.287 e. The maximum absolute atomic E-state index is 11.2. The van der Waals surface area contributed by atoms with Gasteiger partial charge in [0.05, 0.1) is 0 Å². The third kappa shape index (κ3) is 7.29. The van der Waals surface area contributed by atoms with Crippen molar-refractivity contribution in [1.29, 1.82) is 0 Å². The summed E-state index contributed by atoms with van der Waals surface area (Å²) in [4.78, 5) is 12.1. The van der Waals surface area contributed by atoms with Crippen LogP contribution in [0.2, 0.25) is 0 Å². The monoisotopic (exact) mass is 480 g/mol. The van der Waals surface area contributed by atoms with E-state index in [0.717, 1.165) is 44.7 Å². The molecule has 0 atom stereocenters. The lowest BCUT2D eigenvalue weighted by Crippen LogP contribution is -1.89. The second-order valence-corrected chi connectivity index (χ2v) is 9.29. The molecule has 0 heterocycles. The zero-order valence-corrected chi connectivity index (χ0v) is 21.1. The van der Waals surface area contributed by atoms with Crippen molar-refractivity contribution in [3.05, 3.63) is 136 Å². The lowest BCUT2D eigenvalue weighted by Gasteiger charge is -2.02. The zero-order valence-electron chi connectivity index (χ0n) is 20.3. The first-order valence-corrected chi connectivity index (χ1v) is 12.5. The molecule has 2 heteroatoms. The third-order valence-corrected chi connectivity index (χ3v) is 6.10. The maximum Gasteiger partial charge on any atom is 0.190 e. The summed E-state index contributed by atoms with van der Waals surface area (Å²) in [5.41, 5.74) is 7.02. The van der Waals surface area contributed by atoms with Crippen LogP contribution in [0.5, 0.6) is 0 Å². The Labute approximate surface area is 218 Å². The number of thioether (sulfide) groups is 1. The maximum atomic E-state index is 11.2. The van der Waals surface area contributed by atoms with Gasteiger partial charge in [-0.05, 0) is 90.8 Å². The fourth-order valence-corrected chi connectivity index (χ4v) is 4.05. The Morgan fingerprint density at radius 3 is 1.64 bits per heavy atom. The average molecular weight is 481 g/mol. The highest BCUT2D eigenvalue weighted by atomic mass is 32.2. The first kappa shape index (κ1) is 24.7. The van der Waals surface area contributed by atoms with E-state index < -0.39 is 0 Å². The molecule has 0 aliphatic rings. The summed E-state index contributed by atoms with van der Waals surface area (Å²) >= 11 is 1.22. The normalized spacial score (nSPS) is 9.61. The van der Waals surface area contributed by atoms with Gasteiger partial charge >= 0.3 is 0 Å². The van der Waals surface area contributed by atoms with Crippen LogP contribution < -0.4 is 0 Å². The molecule has 0 aromatic heterocycles. The van der Waals surface area contributed by atoms with Gasteiger partial charge in [-0.15, -0.1) is 0 Å². The fraction of sp³-hybridized carbons (Fsp3) is 0.0882. The number of aryl methyl sites for hydroxylation is 1. The second-order valence-electron chi connectivity index (χ2n) is 8.04. The van der Waals surface area contributed by atoms with Gasteiger partial charge in [-0.3, -0.25) is 4.79 Å². The van der Waals surface area contributed by atoms with Crippen LogP contribution in [0.3, 0.4) is 0 Å². The van der Waals surface area contributed by atoms with E-state index in [9.17, 15) is 4.79 Å². The van der Waals surface area contributed by atoms with E-state index in [0.29, 0.717) is 0 Å². The van der Waals surface area contributed by atoms with E-state index in [1.165, 1.54) is 17.3 Å². The predicted octanol–water partition coefficient (Wildman–Crippen LogP) is 7.09. The standard InChI is InChI=1S/C34H24OS/c1-3-32-25-31(18-22-33(32)21-17-27-7-5-4-6-8-27)16-15-29-11-9-28(10-12-29)13-14-30-19-23-34(24-20-30)36-26(2)35/h4-12,18-20,22-25H,3H2,1-2H3. The highest BCUT2D eigenvalue weighted by Crippen LogP contribution is 2.18. The van der Waals surface area contributed by atoms with Gasteiger partial charge in [0.2, 0.25) is 0 Å². The van der Waals surface area contributed by atoms with Crippen LogP contribution in [-0.4, -0.2) is 5.12 Å². The summed E-state index contributed by atoms with van der Waals surface area (Å²) in [7, 11) is 0. The number of hydrogen-bond acceptors (Lipinski definition) is 2. The Bertz CT molecular complexity index is 1540. The molecule has 0 unspecified atom stereocenters. The molecule has 0 amide bonds. The minimum Gasteiger partial charge on any atom is -0.287 e. The topological polar surface area (TPSA) is 17.1 Å². The summed E-state index contributed by atoms with van der Waals surface area (Å²) in [5, 5.41) is 0.0768. The Morgan fingerprint density at radius 2 is 1.08 bits per heavy atom. The van der Waals surface area contributed by atoms with Crippen molar-refractivity contribution in [2.24, 2.45) is 0 Å². The molecule has 0 aliphatic heterocycles. The van der Waals surface area contributed by atoms with Crippen LogP contribution in [0.1, 0.15) is 52.8 Å². The quantitative estimate of drug-likeness (QED) is 0.225. The molecule has 0 N–H and O–H groups in total. The number of carbonyl (C=O) groups is 1.